The number of nitro benzene ring substituents is 1. The van der Waals surface area contributed by atoms with Crippen molar-refractivity contribution in [2.75, 3.05) is 13.2 Å². The van der Waals surface area contributed by atoms with Gasteiger partial charge in [0.25, 0.3) is 17.5 Å². The van der Waals surface area contributed by atoms with Gasteiger partial charge >= 0.3 is 0 Å². The molecule has 1 heterocycles. The normalized spacial score (nSPS) is 15.1. The van der Waals surface area contributed by atoms with Gasteiger partial charge in [0.15, 0.2) is 11.5 Å². The van der Waals surface area contributed by atoms with Crippen LogP contribution in [0.5, 0.6) is 11.5 Å². The Kier molecular flexibility index (Phi) is 5.80. The molecule has 0 fully saturated rings. The Hall–Kier alpha value is -3.95. The van der Waals surface area contributed by atoms with Crippen LogP contribution in [0.2, 0.25) is 0 Å². The summed E-state index contributed by atoms with van der Waals surface area (Å²) >= 11 is 0. The van der Waals surface area contributed by atoms with E-state index in [1.807, 2.05) is 0 Å². The lowest BCUT2D eigenvalue weighted by atomic mass is 10.2. The number of rotatable bonds is 6. The first kappa shape index (κ1) is 18.8. The topological polar surface area (TPSA) is 132 Å². The molecule has 10 nitrogen and oxygen atoms in total. The number of non-ortho nitro benzene ring substituents is 1. The largest absolute Gasteiger partial charge is 0.485 e. The molecule has 0 aliphatic carbocycles. The van der Waals surface area contributed by atoms with Gasteiger partial charge < -0.3 is 14.8 Å². The summed E-state index contributed by atoms with van der Waals surface area (Å²) in [6, 6.07) is 12.6. The number of nitro groups is 1. The van der Waals surface area contributed by atoms with E-state index < -0.39 is 22.8 Å². The Morgan fingerprint density at radius 3 is 2.61 bits per heavy atom. The van der Waals surface area contributed by atoms with Crippen LogP contribution in [0.3, 0.4) is 0 Å². The number of nitrogens with one attached hydrogen (secondary N) is 2. The monoisotopic (exact) mass is 384 g/mol. The molecule has 0 saturated heterocycles. The number of hydrazone groups is 1. The lowest BCUT2D eigenvalue weighted by Crippen LogP contribution is -2.46. The maximum absolute atomic E-state index is 12.1. The fourth-order valence-corrected chi connectivity index (χ4v) is 2.33. The minimum Gasteiger partial charge on any atom is -0.485 e. The van der Waals surface area contributed by atoms with Gasteiger partial charge in [-0.2, -0.15) is 5.10 Å². The molecule has 1 aliphatic heterocycles. The fourth-order valence-electron chi connectivity index (χ4n) is 2.33. The predicted molar refractivity (Wildman–Crippen MR) is 98.2 cm³/mol. The number of para-hydroxylation sites is 2. The van der Waals surface area contributed by atoms with Crippen molar-refractivity contribution >= 4 is 23.7 Å². The van der Waals surface area contributed by atoms with Crippen molar-refractivity contribution in [3.63, 3.8) is 0 Å². The summed E-state index contributed by atoms with van der Waals surface area (Å²) in [7, 11) is 0. The number of carbonyl (C=O) groups is 2. The van der Waals surface area contributed by atoms with E-state index in [1.54, 1.807) is 24.3 Å². The molecule has 2 amide bonds. The zero-order valence-corrected chi connectivity index (χ0v) is 14.5. The van der Waals surface area contributed by atoms with Crippen molar-refractivity contribution in [3.05, 3.63) is 64.2 Å². The highest BCUT2D eigenvalue weighted by Gasteiger charge is 2.27. The van der Waals surface area contributed by atoms with Crippen LogP contribution in [0, 0.1) is 10.1 Å². The maximum Gasteiger partial charge on any atom is 0.269 e. The van der Waals surface area contributed by atoms with Crippen LogP contribution in [0.25, 0.3) is 0 Å². The molecule has 2 aromatic rings. The van der Waals surface area contributed by atoms with Crippen LogP contribution < -0.4 is 20.2 Å². The Bertz CT molecular complexity index is 913. The van der Waals surface area contributed by atoms with E-state index in [1.165, 1.54) is 30.5 Å². The molecule has 0 unspecified atom stereocenters. The molecule has 0 saturated carbocycles. The summed E-state index contributed by atoms with van der Waals surface area (Å²) in [5.74, 6) is 0.00330. The van der Waals surface area contributed by atoms with Gasteiger partial charge in [-0.1, -0.05) is 12.1 Å². The van der Waals surface area contributed by atoms with Gasteiger partial charge in [-0.05, 0) is 29.8 Å². The number of nitrogens with zero attached hydrogens (tertiary/aromatic N) is 2. The first-order valence-electron chi connectivity index (χ1n) is 8.25. The third-order valence-corrected chi connectivity index (χ3v) is 3.73. The van der Waals surface area contributed by atoms with Crippen molar-refractivity contribution in [1.82, 2.24) is 10.7 Å². The van der Waals surface area contributed by atoms with Crippen LogP contribution in [-0.4, -0.2) is 42.2 Å². The Morgan fingerprint density at radius 2 is 1.89 bits per heavy atom. The Morgan fingerprint density at radius 1 is 1.18 bits per heavy atom. The number of fused-ring (bicyclic) bond motifs is 1. The van der Waals surface area contributed by atoms with Gasteiger partial charge in [-0.15, -0.1) is 0 Å². The molecule has 0 radical (unpaired) electrons. The van der Waals surface area contributed by atoms with Crippen molar-refractivity contribution < 1.29 is 24.0 Å². The highest BCUT2D eigenvalue weighted by molar-refractivity contribution is 5.88. The summed E-state index contributed by atoms with van der Waals surface area (Å²) in [5, 5.41) is 16.8. The smallest absolute Gasteiger partial charge is 0.269 e. The van der Waals surface area contributed by atoms with Gasteiger partial charge in [-0.3, -0.25) is 19.7 Å². The molecule has 144 valence electrons. The molecule has 10 heteroatoms. The van der Waals surface area contributed by atoms with Gasteiger partial charge in [0.05, 0.1) is 17.7 Å². The standard InChI is InChI=1S/C18H16N4O6/c23-17(21-20-9-12-5-7-13(8-6-12)22(25)26)10-19-18(24)16-11-27-14-3-1-2-4-15(14)28-16/h1-9,16H,10-11H2,(H,19,24)(H,21,23)/b20-9-/t16-/m0/s1. The van der Waals surface area contributed by atoms with Crippen molar-refractivity contribution in [2.24, 2.45) is 5.10 Å². The number of benzene rings is 2. The van der Waals surface area contributed by atoms with Crippen LogP contribution in [0.1, 0.15) is 5.56 Å². The zero-order chi connectivity index (χ0) is 19.9. The Labute approximate surface area is 159 Å². The van der Waals surface area contributed by atoms with Gasteiger partial charge in [0.1, 0.15) is 6.61 Å². The molecule has 2 aromatic carbocycles. The van der Waals surface area contributed by atoms with E-state index in [9.17, 15) is 19.7 Å². The van der Waals surface area contributed by atoms with E-state index in [0.717, 1.165) is 0 Å². The lowest BCUT2D eigenvalue weighted by Gasteiger charge is -2.25. The molecule has 1 aliphatic rings. The van der Waals surface area contributed by atoms with Crippen LogP contribution in [0.4, 0.5) is 5.69 Å². The quantitative estimate of drug-likeness (QED) is 0.434. The summed E-state index contributed by atoms with van der Waals surface area (Å²) < 4.78 is 11.0. The first-order chi connectivity index (χ1) is 13.5. The van der Waals surface area contributed by atoms with Crippen molar-refractivity contribution in [1.29, 1.82) is 0 Å². The van der Waals surface area contributed by atoms with Crippen LogP contribution >= 0.6 is 0 Å². The first-order valence-corrected chi connectivity index (χ1v) is 8.25. The highest BCUT2D eigenvalue weighted by Crippen LogP contribution is 2.30. The maximum atomic E-state index is 12.1. The molecule has 0 aromatic heterocycles. The second kappa shape index (κ2) is 8.62. The molecule has 1 atom stereocenters. The van der Waals surface area contributed by atoms with E-state index >= 15 is 0 Å². The highest BCUT2D eigenvalue weighted by atomic mass is 16.6. The van der Waals surface area contributed by atoms with E-state index in [0.29, 0.717) is 17.1 Å². The molecular formula is C18H16N4O6. The van der Waals surface area contributed by atoms with E-state index in [2.05, 4.69) is 15.8 Å². The average molecular weight is 384 g/mol. The van der Waals surface area contributed by atoms with E-state index in [4.69, 9.17) is 9.47 Å². The summed E-state index contributed by atoms with van der Waals surface area (Å²) in [4.78, 5) is 33.9. The molecule has 2 N–H and O–H groups in total. The fraction of sp³-hybridized carbons (Fsp3) is 0.167. The minimum absolute atomic E-state index is 0.0413. The summed E-state index contributed by atoms with van der Waals surface area (Å²) in [6.07, 6.45) is 0.477. The molecule has 3 rings (SSSR count). The number of hydrogen-bond donors (Lipinski definition) is 2. The number of carbonyl (C=O) groups excluding carboxylic acids is 2. The zero-order valence-electron chi connectivity index (χ0n) is 14.5. The second-order valence-corrected chi connectivity index (χ2v) is 5.72. The third kappa shape index (κ3) is 4.81. The predicted octanol–water partition coefficient (Wildman–Crippen LogP) is 1.00. The molecular weight excluding hydrogens is 368 g/mol. The average Bonchev–Trinajstić information content (AvgIpc) is 2.72. The van der Waals surface area contributed by atoms with Crippen LogP contribution in [-0.2, 0) is 9.59 Å². The van der Waals surface area contributed by atoms with Crippen molar-refractivity contribution in [3.8, 4) is 11.5 Å². The number of ether oxygens (including phenoxy) is 2. The molecule has 28 heavy (non-hydrogen) atoms. The number of amides is 2. The second-order valence-electron chi connectivity index (χ2n) is 5.72. The van der Waals surface area contributed by atoms with Gasteiger partial charge in [-0.25, -0.2) is 5.43 Å². The minimum atomic E-state index is -0.855. The lowest BCUT2D eigenvalue weighted by molar-refractivity contribution is -0.384. The Balaban J connectivity index is 1.43. The van der Waals surface area contributed by atoms with Crippen molar-refractivity contribution in [2.45, 2.75) is 6.10 Å². The van der Waals surface area contributed by atoms with E-state index in [-0.39, 0.29) is 18.8 Å². The molecule has 0 spiro atoms. The SMILES string of the molecule is O=C(CNC(=O)[C@@H]1COc2ccccc2O1)N/N=C\c1ccc([N+](=O)[O-])cc1. The third-order valence-electron chi connectivity index (χ3n) is 3.73. The summed E-state index contributed by atoms with van der Waals surface area (Å²) in [6.45, 7) is -0.249. The summed E-state index contributed by atoms with van der Waals surface area (Å²) in [5.41, 5.74) is 2.78. The van der Waals surface area contributed by atoms with Crippen LogP contribution in [0.15, 0.2) is 53.6 Å². The van der Waals surface area contributed by atoms with Gasteiger partial charge in [0, 0.05) is 12.1 Å². The molecule has 0 bridgehead atoms. The number of hydrogen-bond acceptors (Lipinski definition) is 7. The van der Waals surface area contributed by atoms with Gasteiger partial charge in [0.2, 0.25) is 6.10 Å².